The Morgan fingerprint density at radius 3 is 2.16 bits per heavy atom. The third kappa shape index (κ3) is 11.5. The number of para-hydroxylation sites is 2. The van der Waals surface area contributed by atoms with Gasteiger partial charge < -0.3 is 36.3 Å². The van der Waals surface area contributed by atoms with Crippen LogP contribution in [0.1, 0.15) is 73.7 Å². The molecule has 0 aliphatic carbocycles. The Morgan fingerprint density at radius 2 is 1.45 bits per heavy atom. The number of nitrogen functional groups attached to an aromatic ring is 1. The van der Waals surface area contributed by atoms with Gasteiger partial charge in [-0.25, -0.2) is 0 Å². The fourth-order valence-corrected chi connectivity index (χ4v) is 7.42. The number of amides is 3. The van der Waals surface area contributed by atoms with E-state index in [0.29, 0.717) is 55.8 Å². The van der Waals surface area contributed by atoms with Crippen molar-refractivity contribution in [3.05, 3.63) is 144 Å². The predicted molar refractivity (Wildman–Crippen MR) is 222 cm³/mol. The molecule has 11 heteroatoms. The molecular weight excluding hydrogens is 725 g/mol. The van der Waals surface area contributed by atoms with Crippen LogP contribution in [0.3, 0.4) is 0 Å². The average Bonchev–Trinajstić information content (AvgIpc) is 3.22. The molecule has 290 valence electrons. The molecule has 6 rings (SSSR count). The van der Waals surface area contributed by atoms with Gasteiger partial charge in [-0.3, -0.25) is 14.4 Å². The molecule has 10 nitrogen and oxygen atoms in total. The summed E-state index contributed by atoms with van der Waals surface area (Å²) in [6.07, 6.45) is 1.60. The van der Waals surface area contributed by atoms with Gasteiger partial charge in [-0.1, -0.05) is 84.9 Å². The highest BCUT2D eigenvalue weighted by molar-refractivity contribution is 7.99. The Kier molecular flexibility index (Phi) is 14.3. The van der Waals surface area contributed by atoms with Gasteiger partial charge in [0.15, 0.2) is 6.29 Å². The quantitative estimate of drug-likeness (QED) is 0.0380. The Hall–Kier alpha value is -5.46. The first kappa shape index (κ1) is 40.2. The second-order valence-corrected chi connectivity index (χ2v) is 14.9. The summed E-state index contributed by atoms with van der Waals surface area (Å²) in [7, 11) is 0. The molecule has 1 fully saturated rings. The number of carbonyl (C=O) groups is 3. The van der Waals surface area contributed by atoms with Gasteiger partial charge in [-0.15, -0.1) is 11.8 Å². The van der Waals surface area contributed by atoms with E-state index in [0.717, 1.165) is 44.0 Å². The van der Waals surface area contributed by atoms with E-state index >= 15 is 0 Å². The van der Waals surface area contributed by atoms with Crippen molar-refractivity contribution in [2.75, 3.05) is 22.1 Å². The van der Waals surface area contributed by atoms with Crippen LogP contribution < -0.4 is 21.7 Å². The van der Waals surface area contributed by atoms with E-state index in [9.17, 15) is 19.5 Å². The molecule has 0 radical (unpaired) electrons. The van der Waals surface area contributed by atoms with Crippen LogP contribution in [0.2, 0.25) is 0 Å². The largest absolute Gasteiger partial charge is 0.397 e. The summed E-state index contributed by atoms with van der Waals surface area (Å²) in [6, 6.07) is 38.9. The van der Waals surface area contributed by atoms with E-state index < -0.39 is 6.29 Å². The summed E-state index contributed by atoms with van der Waals surface area (Å²) in [6.45, 7) is 1.85. The molecule has 0 spiro atoms. The number of rotatable bonds is 16. The maximum atomic E-state index is 12.7. The second kappa shape index (κ2) is 19.9. The topological polar surface area (TPSA) is 152 Å². The van der Waals surface area contributed by atoms with Gasteiger partial charge in [0.25, 0.3) is 0 Å². The second-order valence-electron chi connectivity index (χ2n) is 13.8. The lowest BCUT2D eigenvalue weighted by atomic mass is 9.97. The summed E-state index contributed by atoms with van der Waals surface area (Å²) in [5.74, 6) is 0.413. The minimum absolute atomic E-state index is 0.0205. The van der Waals surface area contributed by atoms with E-state index in [4.69, 9.17) is 15.2 Å². The van der Waals surface area contributed by atoms with Crippen molar-refractivity contribution < 1.29 is 29.0 Å². The number of anilines is 3. The van der Waals surface area contributed by atoms with Gasteiger partial charge in [-0.2, -0.15) is 0 Å². The number of thioether (sulfide) groups is 1. The van der Waals surface area contributed by atoms with Crippen LogP contribution >= 0.6 is 11.8 Å². The van der Waals surface area contributed by atoms with Crippen LogP contribution in [0.4, 0.5) is 17.1 Å². The standard InChI is InChI=1S/C45H48N4O6S/c1-30(51)48-36-22-24-38(25-23-36)56-29-37-26-42(33-16-14-31(28-50)15-17-33)55-45(54-37)34-20-18-32(19-21-34)39-9-3-2-8-35(39)27-47-43(52)12-6-7-13-44(53)49-41-11-5-4-10-40(41)46/h2-5,8-11,14-25,37,42,45,50H,6-7,12-13,26-29,46H2,1H3,(H,47,52)(H,48,51)(H,49,53)/t37-,42+,45+/m0/s1. The van der Waals surface area contributed by atoms with Crippen molar-refractivity contribution in [3.63, 3.8) is 0 Å². The van der Waals surface area contributed by atoms with Crippen LogP contribution in [0, 0.1) is 0 Å². The zero-order valence-electron chi connectivity index (χ0n) is 31.4. The van der Waals surface area contributed by atoms with Crippen molar-refractivity contribution in [2.24, 2.45) is 0 Å². The maximum absolute atomic E-state index is 12.7. The van der Waals surface area contributed by atoms with Gasteiger partial charge in [0.05, 0.1) is 30.2 Å². The highest BCUT2D eigenvalue weighted by Crippen LogP contribution is 2.40. The van der Waals surface area contributed by atoms with Gasteiger partial charge in [-0.05, 0) is 77.1 Å². The van der Waals surface area contributed by atoms with Crippen LogP contribution in [0.25, 0.3) is 11.1 Å². The number of ether oxygens (including phenoxy) is 2. The molecule has 0 saturated carbocycles. The molecule has 0 unspecified atom stereocenters. The van der Waals surface area contributed by atoms with Gasteiger partial charge in [0, 0.05) is 54.6 Å². The SMILES string of the molecule is CC(=O)Nc1ccc(SC[C@@H]2C[C@H](c3ccc(CO)cc3)O[C@H](c3ccc(-c4ccccc4CNC(=O)CCCCC(=O)Nc4ccccc4N)cc3)O2)cc1. The molecule has 1 aliphatic heterocycles. The lowest BCUT2D eigenvalue weighted by Crippen LogP contribution is -2.31. The molecule has 3 atom stereocenters. The molecule has 56 heavy (non-hydrogen) atoms. The molecule has 5 aromatic carbocycles. The number of hydrogen-bond acceptors (Lipinski definition) is 8. The zero-order valence-corrected chi connectivity index (χ0v) is 32.2. The number of benzene rings is 5. The van der Waals surface area contributed by atoms with E-state index in [1.54, 1.807) is 23.9 Å². The average molecular weight is 773 g/mol. The van der Waals surface area contributed by atoms with Crippen molar-refractivity contribution >= 4 is 46.5 Å². The highest BCUT2D eigenvalue weighted by Gasteiger charge is 2.32. The third-order valence-corrected chi connectivity index (χ3v) is 10.6. The van der Waals surface area contributed by atoms with Gasteiger partial charge >= 0.3 is 0 Å². The van der Waals surface area contributed by atoms with Crippen LogP contribution in [-0.2, 0) is 37.0 Å². The Morgan fingerprint density at radius 1 is 0.768 bits per heavy atom. The van der Waals surface area contributed by atoms with Crippen molar-refractivity contribution in [2.45, 2.75) is 75.6 Å². The summed E-state index contributed by atoms with van der Waals surface area (Å²) in [4.78, 5) is 37.6. The first-order valence-electron chi connectivity index (χ1n) is 18.8. The molecule has 0 aromatic heterocycles. The number of aliphatic hydroxyl groups excluding tert-OH is 1. The molecule has 3 amide bonds. The Labute approximate surface area is 332 Å². The first-order chi connectivity index (χ1) is 27.2. The Bertz CT molecular complexity index is 2070. The molecular formula is C45H48N4O6S. The van der Waals surface area contributed by atoms with E-state index in [1.807, 2.05) is 97.1 Å². The molecule has 1 saturated heterocycles. The fourth-order valence-electron chi connectivity index (χ4n) is 6.50. The van der Waals surface area contributed by atoms with Gasteiger partial charge in [0.2, 0.25) is 17.7 Å². The van der Waals surface area contributed by atoms with Crippen molar-refractivity contribution in [1.29, 1.82) is 0 Å². The third-order valence-electron chi connectivity index (χ3n) is 9.51. The number of hydrogen-bond donors (Lipinski definition) is 5. The lowest BCUT2D eigenvalue weighted by molar-refractivity contribution is -0.245. The number of unbranched alkanes of at least 4 members (excludes halogenated alkanes) is 1. The van der Waals surface area contributed by atoms with Crippen LogP contribution in [0.15, 0.2) is 126 Å². The number of carbonyl (C=O) groups excluding carboxylic acids is 3. The van der Waals surface area contributed by atoms with E-state index in [2.05, 4.69) is 28.1 Å². The molecule has 0 bridgehead atoms. The summed E-state index contributed by atoms with van der Waals surface area (Å²) >= 11 is 1.69. The Balaban J connectivity index is 1.05. The summed E-state index contributed by atoms with van der Waals surface area (Å²) in [5, 5.41) is 18.2. The summed E-state index contributed by atoms with van der Waals surface area (Å²) in [5.41, 5.74) is 13.6. The smallest absolute Gasteiger partial charge is 0.224 e. The molecule has 1 aliphatic rings. The highest BCUT2D eigenvalue weighted by atomic mass is 32.2. The molecule has 1 heterocycles. The number of nitrogens with two attached hydrogens (primary N) is 1. The predicted octanol–water partition coefficient (Wildman–Crippen LogP) is 8.54. The van der Waals surface area contributed by atoms with E-state index in [1.165, 1.54) is 6.92 Å². The first-order valence-corrected chi connectivity index (χ1v) is 19.8. The minimum Gasteiger partial charge on any atom is -0.397 e. The van der Waals surface area contributed by atoms with Crippen molar-refractivity contribution in [1.82, 2.24) is 5.32 Å². The number of nitrogens with one attached hydrogen (secondary N) is 3. The molecule has 6 N–H and O–H groups in total. The maximum Gasteiger partial charge on any atom is 0.224 e. The van der Waals surface area contributed by atoms with Crippen LogP contribution in [0.5, 0.6) is 0 Å². The summed E-state index contributed by atoms with van der Waals surface area (Å²) < 4.78 is 13.1. The van der Waals surface area contributed by atoms with Crippen molar-refractivity contribution in [3.8, 4) is 11.1 Å². The van der Waals surface area contributed by atoms with Gasteiger partial charge in [0.1, 0.15) is 0 Å². The monoisotopic (exact) mass is 772 g/mol. The van der Waals surface area contributed by atoms with Crippen LogP contribution in [-0.4, -0.2) is 34.7 Å². The fraction of sp³-hybridized carbons (Fsp3) is 0.267. The molecule has 5 aromatic rings. The zero-order chi connectivity index (χ0) is 39.3. The van der Waals surface area contributed by atoms with E-state index in [-0.39, 0.29) is 36.5 Å². The normalized spacial score (nSPS) is 16.5. The minimum atomic E-state index is -0.592. The lowest BCUT2D eigenvalue weighted by Gasteiger charge is -2.36. The number of aliphatic hydroxyl groups is 1.